The van der Waals surface area contributed by atoms with Crippen LogP contribution in [0.2, 0.25) is 5.02 Å². The van der Waals surface area contributed by atoms with Crippen LogP contribution in [-0.2, 0) is 6.42 Å². The van der Waals surface area contributed by atoms with Crippen molar-refractivity contribution in [3.63, 3.8) is 0 Å². The number of carbonyl (C=O) groups is 1. The molecule has 2 aromatic carbocycles. The number of hydrogen-bond acceptors (Lipinski definition) is 1. The topological polar surface area (TPSA) is 17.1 Å². The fourth-order valence-electron chi connectivity index (χ4n) is 1.59. The number of hydrogen-bond donors (Lipinski definition) is 0. The van der Waals surface area contributed by atoms with Crippen molar-refractivity contribution < 1.29 is 13.6 Å². The van der Waals surface area contributed by atoms with Gasteiger partial charge in [0.25, 0.3) is 0 Å². The summed E-state index contributed by atoms with van der Waals surface area (Å²) < 4.78 is 26.1. The minimum Gasteiger partial charge on any atom is -0.294 e. The zero-order valence-electron chi connectivity index (χ0n) is 9.29. The summed E-state index contributed by atoms with van der Waals surface area (Å²) >= 11 is 5.72. The van der Waals surface area contributed by atoms with Crippen LogP contribution in [0.3, 0.4) is 0 Å². The maximum atomic E-state index is 13.4. The maximum Gasteiger partial charge on any atom is 0.170 e. The molecule has 1 nitrogen and oxygen atoms in total. The van der Waals surface area contributed by atoms with Crippen LogP contribution in [0.5, 0.6) is 0 Å². The summed E-state index contributed by atoms with van der Waals surface area (Å²) in [6.07, 6.45) is 0.0115. The van der Waals surface area contributed by atoms with Crippen LogP contribution < -0.4 is 0 Å². The van der Waals surface area contributed by atoms with Crippen LogP contribution in [0, 0.1) is 11.6 Å². The Bertz CT molecular complexity index is 579. The molecule has 0 saturated carbocycles. The molecule has 0 N–H and O–H groups in total. The summed E-state index contributed by atoms with van der Waals surface area (Å²) in [5.74, 6) is -1.37. The van der Waals surface area contributed by atoms with E-state index in [4.69, 9.17) is 11.6 Å². The van der Waals surface area contributed by atoms with Gasteiger partial charge in [0.1, 0.15) is 11.6 Å². The van der Waals surface area contributed by atoms with Gasteiger partial charge in [0.15, 0.2) is 5.78 Å². The first kappa shape index (κ1) is 12.7. The predicted molar refractivity (Wildman–Crippen MR) is 65.8 cm³/mol. The van der Waals surface area contributed by atoms with E-state index in [2.05, 4.69) is 0 Å². The van der Waals surface area contributed by atoms with Crippen molar-refractivity contribution in [3.05, 3.63) is 70.2 Å². The van der Waals surface area contributed by atoms with E-state index in [0.717, 1.165) is 6.07 Å². The zero-order chi connectivity index (χ0) is 13.1. The lowest BCUT2D eigenvalue weighted by Crippen LogP contribution is -2.06. The van der Waals surface area contributed by atoms with Crippen LogP contribution in [0.15, 0.2) is 42.5 Å². The van der Waals surface area contributed by atoms with Crippen LogP contribution in [0.4, 0.5) is 8.78 Å². The van der Waals surface area contributed by atoms with Crippen molar-refractivity contribution in [3.8, 4) is 0 Å². The smallest absolute Gasteiger partial charge is 0.170 e. The van der Waals surface area contributed by atoms with Gasteiger partial charge >= 0.3 is 0 Å². The van der Waals surface area contributed by atoms with Gasteiger partial charge in [-0.25, -0.2) is 8.78 Å². The number of ketones is 1. The molecule has 0 bridgehead atoms. The molecule has 0 amide bonds. The molecule has 18 heavy (non-hydrogen) atoms. The molecule has 0 radical (unpaired) electrons. The summed E-state index contributed by atoms with van der Waals surface area (Å²) in [6.45, 7) is 0. The number of carbonyl (C=O) groups excluding carboxylic acids is 1. The van der Waals surface area contributed by atoms with E-state index in [0.29, 0.717) is 10.6 Å². The van der Waals surface area contributed by atoms with Gasteiger partial charge in [-0.2, -0.15) is 0 Å². The van der Waals surface area contributed by atoms with E-state index in [9.17, 15) is 13.6 Å². The second-order valence-electron chi connectivity index (χ2n) is 3.85. The lowest BCUT2D eigenvalue weighted by atomic mass is 10.0. The zero-order valence-corrected chi connectivity index (χ0v) is 10.0. The van der Waals surface area contributed by atoms with Gasteiger partial charge in [-0.05, 0) is 35.9 Å². The third-order valence-corrected chi connectivity index (χ3v) is 2.74. The Morgan fingerprint density at radius 1 is 1.06 bits per heavy atom. The highest BCUT2D eigenvalue weighted by Crippen LogP contribution is 2.17. The first-order valence-corrected chi connectivity index (χ1v) is 5.67. The Balaban J connectivity index is 2.21. The Kier molecular flexibility index (Phi) is 3.72. The van der Waals surface area contributed by atoms with E-state index < -0.39 is 5.82 Å². The molecule has 0 aromatic heterocycles. The molecule has 0 fully saturated rings. The van der Waals surface area contributed by atoms with Crippen molar-refractivity contribution in [1.29, 1.82) is 0 Å². The highest BCUT2D eigenvalue weighted by Gasteiger charge is 2.12. The van der Waals surface area contributed by atoms with Gasteiger partial charge in [0.2, 0.25) is 0 Å². The lowest BCUT2D eigenvalue weighted by molar-refractivity contribution is 0.0989. The fourth-order valence-corrected chi connectivity index (χ4v) is 1.77. The second kappa shape index (κ2) is 5.27. The molecule has 0 atom stereocenters. The summed E-state index contributed by atoms with van der Waals surface area (Å²) in [7, 11) is 0. The molecule has 0 spiro atoms. The summed E-state index contributed by atoms with van der Waals surface area (Å²) in [6, 6.07) is 9.34. The molecule has 92 valence electrons. The molecule has 0 aliphatic heterocycles. The first-order valence-electron chi connectivity index (χ1n) is 5.29. The molecule has 2 rings (SSSR count). The van der Waals surface area contributed by atoms with Gasteiger partial charge in [-0.15, -0.1) is 0 Å². The highest BCUT2D eigenvalue weighted by molar-refractivity contribution is 6.31. The van der Waals surface area contributed by atoms with Crippen LogP contribution in [0.25, 0.3) is 0 Å². The Morgan fingerprint density at radius 3 is 2.39 bits per heavy atom. The number of Topliss-reactive ketones (excluding diaryl/α,β-unsaturated/α-hetero) is 1. The predicted octanol–water partition coefficient (Wildman–Crippen LogP) is 4.04. The normalized spacial score (nSPS) is 10.4. The van der Waals surface area contributed by atoms with E-state index in [1.165, 1.54) is 36.4 Å². The largest absolute Gasteiger partial charge is 0.294 e. The molecule has 2 aromatic rings. The quantitative estimate of drug-likeness (QED) is 0.766. The molecule has 4 heteroatoms. The molecule has 0 aliphatic carbocycles. The highest BCUT2D eigenvalue weighted by atomic mass is 35.5. The van der Waals surface area contributed by atoms with E-state index in [1.807, 2.05) is 0 Å². The monoisotopic (exact) mass is 266 g/mol. The summed E-state index contributed by atoms with van der Waals surface area (Å²) in [4.78, 5) is 11.9. The molecule has 0 heterocycles. The Labute approximate surface area is 108 Å². The molecule has 0 aliphatic rings. The van der Waals surface area contributed by atoms with Gasteiger partial charge < -0.3 is 0 Å². The van der Waals surface area contributed by atoms with Gasteiger partial charge in [-0.1, -0.05) is 23.7 Å². The standard InChI is InChI=1S/C14H9ClF2O/c15-10-3-6-13(17)12(8-10)14(18)7-9-1-4-11(16)5-2-9/h1-6,8H,7H2. The van der Waals surface area contributed by atoms with E-state index >= 15 is 0 Å². The minimum atomic E-state index is -0.605. The van der Waals surface area contributed by atoms with Crippen LogP contribution in [0.1, 0.15) is 15.9 Å². The number of halogens is 3. The number of benzene rings is 2. The Hall–Kier alpha value is -1.74. The maximum absolute atomic E-state index is 13.4. The average molecular weight is 267 g/mol. The van der Waals surface area contributed by atoms with E-state index in [1.54, 1.807) is 0 Å². The van der Waals surface area contributed by atoms with Gasteiger partial charge in [-0.3, -0.25) is 4.79 Å². The van der Waals surface area contributed by atoms with Gasteiger partial charge in [0, 0.05) is 11.4 Å². The molecule has 0 saturated heterocycles. The molecular weight excluding hydrogens is 258 g/mol. The van der Waals surface area contributed by atoms with Crippen molar-refractivity contribution >= 4 is 17.4 Å². The van der Waals surface area contributed by atoms with Gasteiger partial charge in [0.05, 0.1) is 5.56 Å². The summed E-state index contributed by atoms with van der Waals surface area (Å²) in [5.41, 5.74) is 0.576. The minimum absolute atomic E-state index is 0.0115. The van der Waals surface area contributed by atoms with Crippen LogP contribution in [-0.4, -0.2) is 5.78 Å². The fraction of sp³-hybridized carbons (Fsp3) is 0.0714. The van der Waals surface area contributed by atoms with Crippen molar-refractivity contribution in [1.82, 2.24) is 0 Å². The summed E-state index contributed by atoms with van der Waals surface area (Å²) in [5, 5.41) is 0.304. The van der Waals surface area contributed by atoms with E-state index in [-0.39, 0.29) is 23.6 Å². The SMILES string of the molecule is O=C(Cc1ccc(F)cc1)c1cc(Cl)ccc1F. The lowest BCUT2D eigenvalue weighted by Gasteiger charge is -2.03. The third kappa shape index (κ3) is 2.93. The van der Waals surface area contributed by atoms with Crippen molar-refractivity contribution in [2.45, 2.75) is 6.42 Å². The average Bonchev–Trinajstić information content (AvgIpc) is 2.35. The Morgan fingerprint density at radius 2 is 1.72 bits per heavy atom. The molecular formula is C14H9ClF2O. The first-order chi connectivity index (χ1) is 8.56. The molecule has 0 unspecified atom stereocenters. The van der Waals surface area contributed by atoms with Crippen LogP contribution >= 0.6 is 11.6 Å². The van der Waals surface area contributed by atoms with Crippen molar-refractivity contribution in [2.24, 2.45) is 0 Å². The second-order valence-corrected chi connectivity index (χ2v) is 4.29. The van der Waals surface area contributed by atoms with Crippen molar-refractivity contribution in [2.75, 3.05) is 0 Å². The third-order valence-electron chi connectivity index (χ3n) is 2.51. The number of rotatable bonds is 3.